The number of rotatable bonds is 10. The van der Waals surface area contributed by atoms with E-state index in [2.05, 4.69) is 41.6 Å². The molecule has 2 atom stereocenters. The Kier molecular flexibility index (Phi) is 8.61. The molecule has 0 aliphatic carbocycles. The van der Waals surface area contributed by atoms with Crippen LogP contribution in [0.15, 0.2) is 78.9 Å². The molecule has 2 nitrogen and oxygen atoms in total. The maximum absolute atomic E-state index is 12.2. The summed E-state index contributed by atoms with van der Waals surface area (Å²) < 4.78 is 6.97. The summed E-state index contributed by atoms with van der Waals surface area (Å²) in [6.07, 6.45) is 2.69. The molecule has 0 fully saturated rings. The van der Waals surface area contributed by atoms with Gasteiger partial charge in [0, 0.05) is 15.4 Å². The molecule has 0 spiro atoms. The van der Waals surface area contributed by atoms with Crippen molar-refractivity contribution in [1.29, 1.82) is 0 Å². The molecule has 0 saturated heterocycles. The fourth-order valence-electron chi connectivity index (χ4n) is 3.92. The molecule has 0 aliphatic rings. The summed E-state index contributed by atoms with van der Waals surface area (Å²) in [5, 5.41) is 12.2. The van der Waals surface area contributed by atoms with Crippen LogP contribution in [0.2, 0.25) is 0 Å². The number of halogens is 2. The van der Waals surface area contributed by atoms with Crippen LogP contribution in [0.4, 0.5) is 0 Å². The molecule has 0 heterocycles. The van der Waals surface area contributed by atoms with Gasteiger partial charge in [-0.15, -0.1) is 11.6 Å². The third-order valence-electron chi connectivity index (χ3n) is 5.49. The molecule has 3 rings (SSSR count). The van der Waals surface area contributed by atoms with Gasteiger partial charge in [0.05, 0.1) is 6.61 Å². The Morgan fingerprint density at radius 2 is 1.50 bits per heavy atom. The summed E-state index contributed by atoms with van der Waals surface area (Å²) in [6, 6.07) is 26.3. The highest BCUT2D eigenvalue weighted by Crippen LogP contribution is 2.44. The summed E-state index contributed by atoms with van der Waals surface area (Å²) in [5.41, 5.74) is 1.75. The highest BCUT2D eigenvalue weighted by atomic mass is 127. The van der Waals surface area contributed by atoms with Crippen LogP contribution in [-0.4, -0.2) is 17.6 Å². The number of benzene rings is 3. The van der Waals surface area contributed by atoms with E-state index in [1.54, 1.807) is 0 Å². The largest absolute Gasteiger partial charge is 0.494 e. The van der Waals surface area contributed by atoms with Crippen molar-refractivity contribution in [2.45, 2.75) is 37.7 Å². The minimum atomic E-state index is -1.14. The molecular formula is C26H28ClIO2. The summed E-state index contributed by atoms with van der Waals surface area (Å²) in [4.78, 5) is 0. The van der Waals surface area contributed by atoms with E-state index >= 15 is 0 Å². The molecule has 3 aromatic carbocycles. The fourth-order valence-corrected chi connectivity index (χ4v) is 4.47. The van der Waals surface area contributed by atoms with Gasteiger partial charge in [-0.05, 0) is 82.8 Å². The van der Waals surface area contributed by atoms with Gasteiger partial charge in [-0.2, -0.15) is 0 Å². The van der Waals surface area contributed by atoms with E-state index < -0.39 is 5.60 Å². The zero-order valence-corrected chi connectivity index (χ0v) is 20.1. The first kappa shape index (κ1) is 23.1. The highest BCUT2D eigenvalue weighted by molar-refractivity contribution is 14.1. The molecule has 0 aliphatic heterocycles. The number of hydrogen-bond donors (Lipinski definition) is 1. The second-order valence-electron chi connectivity index (χ2n) is 7.41. The van der Waals surface area contributed by atoms with Gasteiger partial charge in [0.1, 0.15) is 11.4 Å². The first-order chi connectivity index (χ1) is 14.6. The fraction of sp³-hybridized carbons (Fsp3) is 0.308. The third kappa shape index (κ3) is 5.37. The Morgan fingerprint density at radius 1 is 0.900 bits per heavy atom. The molecule has 4 heteroatoms. The quantitative estimate of drug-likeness (QED) is 0.170. The van der Waals surface area contributed by atoms with Gasteiger partial charge in [-0.3, -0.25) is 0 Å². The van der Waals surface area contributed by atoms with Crippen molar-refractivity contribution in [2.75, 3.05) is 12.5 Å². The molecule has 158 valence electrons. The van der Waals surface area contributed by atoms with Gasteiger partial charge in [0.15, 0.2) is 0 Å². The van der Waals surface area contributed by atoms with Gasteiger partial charge >= 0.3 is 0 Å². The van der Waals surface area contributed by atoms with E-state index in [9.17, 15) is 5.11 Å². The molecular weight excluding hydrogens is 507 g/mol. The van der Waals surface area contributed by atoms with Crippen molar-refractivity contribution in [1.82, 2.24) is 0 Å². The first-order valence-corrected chi connectivity index (χ1v) is 12.0. The van der Waals surface area contributed by atoms with Crippen LogP contribution in [0.5, 0.6) is 5.75 Å². The molecule has 3 aromatic rings. The Hall–Kier alpha value is -1.56. The van der Waals surface area contributed by atoms with E-state index in [0.29, 0.717) is 12.5 Å². The highest BCUT2D eigenvalue weighted by Gasteiger charge is 2.40. The molecule has 1 N–H and O–H groups in total. The topological polar surface area (TPSA) is 29.5 Å². The van der Waals surface area contributed by atoms with Gasteiger partial charge < -0.3 is 9.84 Å². The number of hydrogen-bond acceptors (Lipinski definition) is 2. The average Bonchev–Trinajstić information content (AvgIpc) is 2.78. The Labute approximate surface area is 198 Å². The molecule has 2 unspecified atom stereocenters. The molecule has 0 radical (unpaired) electrons. The van der Waals surface area contributed by atoms with Crippen LogP contribution in [0, 0.1) is 3.57 Å². The lowest BCUT2D eigenvalue weighted by Crippen LogP contribution is -2.34. The summed E-state index contributed by atoms with van der Waals surface area (Å²) in [7, 11) is 0. The second kappa shape index (κ2) is 11.2. The normalized spacial score (nSPS) is 14.1. The number of unbranched alkanes of at least 4 members (excludes halogenated alkanes) is 1. The van der Waals surface area contributed by atoms with Crippen molar-refractivity contribution in [3.63, 3.8) is 0 Å². The van der Waals surface area contributed by atoms with Crippen LogP contribution in [0.3, 0.4) is 0 Å². The van der Waals surface area contributed by atoms with Crippen LogP contribution in [0.1, 0.15) is 48.8 Å². The Bertz CT molecular complexity index is 897. The predicted octanol–water partition coefficient (Wildman–Crippen LogP) is 7.12. The van der Waals surface area contributed by atoms with E-state index in [1.165, 1.54) is 0 Å². The van der Waals surface area contributed by atoms with E-state index in [-0.39, 0.29) is 5.92 Å². The lowest BCUT2D eigenvalue weighted by Gasteiger charge is -2.37. The van der Waals surface area contributed by atoms with Crippen molar-refractivity contribution >= 4 is 34.2 Å². The van der Waals surface area contributed by atoms with Gasteiger partial charge in [0.2, 0.25) is 0 Å². The molecule has 0 bridgehead atoms. The van der Waals surface area contributed by atoms with Crippen LogP contribution < -0.4 is 4.74 Å². The average molecular weight is 535 g/mol. The van der Waals surface area contributed by atoms with Gasteiger partial charge in [-0.25, -0.2) is 0 Å². The molecule has 0 saturated carbocycles. The standard InChI is InChI=1S/C26H28ClIO2/c1-2-25(20-8-4-3-5-9-20)26(29,21-10-14-23(28)15-11-21)22-12-16-24(17-13-22)30-19-7-6-18-27/h3-5,8-17,25,29H,2,6-7,18-19H2,1H3. The zero-order valence-electron chi connectivity index (χ0n) is 17.2. The van der Waals surface area contributed by atoms with Crippen molar-refractivity contribution < 1.29 is 9.84 Å². The van der Waals surface area contributed by atoms with Crippen molar-refractivity contribution in [3.05, 3.63) is 99.1 Å². The number of ether oxygens (including phenoxy) is 1. The number of alkyl halides is 1. The van der Waals surface area contributed by atoms with Gasteiger partial charge in [0.25, 0.3) is 0 Å². The summed E-state index contributed by atoms with van der Waals surface area (Å²) in [5.74, 6) is 1.39. The van der Waals surface area contributed by atoms with Gasteiger partial charge in [-0.1, -0.05) is 61.5 Å². The molecule has 30 heavy (non-hydrogen) atoms. The third-order valence-corrected chi connectivity index (χ3v) is 6.48. The SMILES string of the molecule is CCC(c1ccccc1)C(O)(c1ccc(I)cc1)c1ccc(OCCCCCl)cc1. The Balaban J connectivity index is 1.98. The number of aliphatic hydroxyl groups is 1. The van der Waals surface area contributed by atoms with E-state index in [4.69, 9.17) is 16.3 Å². The summed E-state index contributed by atoms with van der Waals surface area (Å²) >= 11 is 8.03. The summed E-state index contributed by atoms with van der Waals surface area (Å²) in [6.45, 7) is 2.78. The predicted molar refractivity (Wildman–Crippen MR) is 134 cm³/mol. The van der Waals surface area contributed by atoms with E-state index in [1.807, 2.05) is 66.7 Å². The smallest absolute Gasteiger partial charge is 0.121 e. The van der Waals surface area contributed by atoms with Crippen LogP contribution >= 0.6 is 34.2 Å². The minimum Gasteiger partial charge on any atom is -0.494 e. The Morgan fingerprint density at radius 3 is 2.07 bits per heavy atom. The van der Waals surface area contributed by atoms with Crippen molar-refractivity contribution in [3.8, 4) is 5.75 Å². The second-order valence-corrected chi connectivity index (χ2v) is 9.04. The lowest BCUT2D eigenvalue weighted by atomic mass is 9.72. The lowest BCUT2D eigenvalue weighted by molar-refractivity contribution is 0.0476. The zero-order chi connectivity index (χ0) is 21.4. The van der Waals surface area contributed by atoms with E-state index in [0.717, 1.165) is 45.3 Å². The monoisotopic (exact) mass is 534 g/mol. The maximum atomic E-state index is 12.2. The van der Waals surface area contributed by atoms with Crippen LogP contribution in [0.25, 0.3) is 0 Å². The van der Waals surface area contributed by atoms with Crippen molar-refractivity contribution in [2.24, 2.45) is 0 Å². The maximum Gasteiger partial charge on any atom is 0.121 e. The minimum absolute atomic E-state index is 0.0748. The van der Waals surface area contributed by atoms with Crippen LogP contribution in [-0.2, 0) is 5.60 Å². The molecule has 0 aromatic heterocycles. The molecule has 0 amide bonds. The first-order valence-electron chi connectivity index (χ1n) is 10.4.